The highest BCUT2D eigenvalue weighted by Gasteiger charge is 2.55. The fourth-order valence-electron chi connectivity index (χ4n) is 7.13. The van der Waals surface area contributed by atoms with Crippen molar-refractivity contribution in [3.63, 3.8) is 0 Å². The van der Waals surface area contributed by atoms with E-state index < -0.39 is 11.9 Å². The second kappa shape index (κ2) is 9.69. The Labute approximate surface area is 214 Å². The average molecular weight is 496 g/mol. The van der Waals surface area contributed by atoms with Crippen LogP contribution in [0.3, 0.4) is 0 Å². The number of primary amides is 1. The predicted octanol–water partition coefficient (Wildman–Crippen LogP) is 2.77. The number of hydrogen-bond donors (Lipinski definition) is 1. The van der Waals surface area contributed by atoms with Gasteiger partial charge in [-0.2, -0.15) is 0 Å². The summed E-state index contributed by atoms with van der Waals surface area (Å²) >= 11 is 0. The second-order valence-corrected chi connectivity index (χ2v) is 11.7. The lowest BCUT2D eigenvalue weighted by Gasteiger charge is -2.51. The fraction of sp³-hybridized carbons (Fsp3) is 0.679. The quantitative estimate of drug-likeness (QED) is 0.630. The van der Waals surface area contributed by atoms with Crippen molar-refractivity contribution in [2.24, 2.45) is 11.7 Å². The van der Waals surface area contributed by atoms with Crippen LogP contribution in [0, 0.1) is 5.92 Å². The van der Waals surface area contributed by atoms with Gasteiger partial charge in [0, 0.05) is 25.2 Å². The molecule has 8 nitrogen and oxygen atoms in total. The Bertz CT molecular complexity index is 984. The Balaban J connectivity index is 1.36. The number of urea groups is 1. The maximum absolute atomic E-state index is 13.8. The number of hydrogen-bond acceptors (Lipinski definition) is 4. The maximum atomic E-state index is 13.8. The van der Waals surface area contributed by atoms with Crippen LogP contribution >= 0.6 is 0 Å². The normalized spacial score (nSPS) is 30.9. The molecule has 1 spiro atoms. The molecule has 5 rings (SSSR count). The van der Waals surface area contributed by atoms with Gasteiger partial charge >= 0.3 is 6.03 Å². The van der Waals surface area contributed by atoms with Crippen LogP contribution < -0.4 is 5.73 Å². The zero-order chi connectivity index (χ0) is 25.5. The molecule has 0 bridgehead atoms. The topological polar surface area (TPSA) is 90.2 Å². The molecule has 0 aromatic heterocycles. The number of rotatable bonds is 7. The van der Waals surface area contributed by atoms with Gasteiger partial charge < -0.3 is 20.4 Å². The van der Waals surface area contributed by atoms with E-state index >= 15 is 0 Å². The Morgan fingerprint density at radius 2 is 1.72 bits per heavy atom. The Hall–Kier alpha value is -2.61. The molecule has 0 unspecified atom stereocenters. The summed E-state index contributed by atoms with van der Waals surface area (Å²) < 4.78 is 0. The fourth-order valence-corrected chi connectivity index (χ4v) is 7.13. The monoisotopic (exact) mass is 495 g/mol. The van der Waals surface area contributed by atoms with Crippen LogP contribution in [0.4, 0.5) is 4.79 Å². The molecule has 4 fully saturated rings. The van der Waals surface area contributed by atoms with Crippen molar-refractivity contribution >= 4 is 17.8 Å². The Morgan fingerprint density at radius 1 is 1.03 bits per heavy atom. The zero-order valence-corrected chi connectivity index (χ0v) is 21.8. The molecule has 0 radical (unpaired) electrons. The summed E-state index contributed by atoms with van der Waals surface area (Å²) in [4.78, 5) is 46.6. The summed E-state index contributed by atoms with van der Waals surface area (Å²) in [6.45, 7) is 1.94. The van der Waals surface area contributed by atoms with Crippen molar-refractivity contribution in [3.8, 4) is 0 Å². The van der Waals surface area contributed by atoms with Crippen molar-refractivity contribution in [1.29, 1.82) is 0 Å². The smallest absolute Gasteiger partial charge is 0.321 e. The summed E-state index contributed by atoms with van der Waals surface area (Å²) in [5.41, 5.74) is 6.58. The number of amides is 4. The van der Waals surface area contributed by atoms with Gasteiger partial charge in [0.05, 0.1) is 5.54 Å². The molecule has 1 aromatic rings. The van der Waals surface area contributed by atoms with Crippen LogP contribution in [-0.4, -0.2) is 89.3 Å². The number of nitrogens with zero attached hydrogens (tertiary/aromatic N) is 4. The molecule has 2 aliphatic carbocycles. The second-order valence-electron chi connectivity index (χ2n) is 11.7. The van der Waals surface area contributed by atoms with E-state index in [1.165, 1.54) is 24.8 Å². The van der Waals surface area contributed by atoms with E-state index in [0.29, 0.717) is 25.4 Å². The van der Waals surface area contributed by atoms with Gasteiger partial charge in [-0.15, -0.1) is 0 Å². The first-order valence-corrected chi connectivity index (χ1v) is 13.6. The van der Waals surface area contributed by atoms with E-state index in [0.717, 1.165) is 38.6 Å². The third-order valence-corrected chi connectivity index (χ3v) is 9.63. The van der Waals surface area contributed by atoms with E-state index in [2.05, 4.69) is 54.2 Å². The van der Waals surface area contributed by atoms with Gasteiger partial charge in [-0.1, -0.05) is 36.8 Å². The minimum Gasteiger partial charge on any atom is -0.368 e. The van der Waals surface area contributed by atoms with Crippen molar-refractivity contribution < 1.29 is 14.4 Å². The predicted molar refractivity (Wildman–Crippen MR) is 138 cm³/mol. The Morgan fingerprint density at radius 3 is 2.31 bits per heavy atom. The molecule has 2 N–H and O–H groups in total. The molecule has 1 aromatic carbocycles. The van der Waals surface area contributed by atoms with Crippen molar-refractivity contribution in [1.82, 2.24) is 19.6 Å². The lowest BCUT2D eigenvalue weighted by Crippen LogP contribution is -2.56. The highest BCUT2D eigenvalue weighted by atomic mass is 16.2. The Kier molecular flexibility index (Phi) is 6.74. The van der Waals surface area contributed by atoms with Crippen LogP contribution in [-0.2, 0) is 15.1 Å². The van der Waals surface area contributed by atoms with Gasteiger partial charge in [-0.25, -0.2) is 4.79 Å². The molecule has 2 heterocycles. The van der Waals surface area contributed by atoms with Crippen LogP contribution in [0.2, 0.25) is 0 Å². The highest BCUT2D eigenvalue weighted by molar-refractivity contribution is 5.90. The first-order chi connectivity index (χ1) is 17.3. The van der Waals surface area contributed by atoms with E-state index in [-0.39, 0.29) is 29.6 Å². The number of carbonyl (C=O) groups is 3. The first-order valence-electron chi connectivity index (χ1n) is 13.6. The van der Waals surface area contributed by atoms with Gasteiger partial charge in [-0.05, 0) is 76.9 Å². The first kappa shape index (κ1) is 25.1. The molecule has 4 amide bonds. The lowest BCUT2D eigenvalue weighted by atomic mass is 9.68. The van der Waals surface area contributed by atoms with Gasteiger partial charge in [0.2, 0.25) is 11.8 Å². The number of carbonyl (C=O) groups excluding carboxylic acids is 3. The molecule has 8 heteroatoms. The summed E-state index contributed by atoms with van der Waals surface area (Å²) in [7, 11) is 4.32. The van der Waals surface area contributed by atoms with Crippen molar-refractivity contribution in [2.75, 3.05) is 40.3 Å². The van der Waals surface area contributed by atoms with Crippen LogP contribution in [0.15, 0.2) is 30.3 Å². The van der Waals surface area contributed by atoms with E-state index in [4.69, 9.17) is 5.73 Å². The third kappa shape index (κ3) is 4.27. The standard InChI is InChI=1S/C28H41N5O3/c1-30(2)28(22-10-4-3-5-11-22)15-13-27(14-16-28)20-31(26(36)33(27)18-21-8-6-9-21)19-24(34)32-17-7-12-23(32)25(29)35/h3-5,10-11,21,23H,6-9,12-20H2,1-2H3,(H2,29,35)/t23-,27-,28-/m0/s1. The van der Waals surface area contributed by atoms with E-state index in [9.17, 15) is 14.4 Å². The SMILES string of the molecule is CN(C)[C@]1(c2ccccc2)CC[C@@]2(CC1)CN(CC(=O)N1CCC[C@H]1C(N)=O)C(=O)N2CC1CCC1. The number of likely N-dealkylation sites (tertiary alicyclic amines) is 1. The summed E-state index contributed by atoms with van der Waals surface area (Å²) in [6, 6.07) is 10.2. The summed E-state index contributed by atoms with van der Waals surface area (Å²) in [6.07, 6.45) is 8.75. The van der Waals surface area contributed by atoms with Crippen molar-refractivity contribution in [3.05, 3.63) is 35.9 Å². The molecule has 4 aliphatic rings. The average Bonchev–Trinajstić information content (AvgIpc) is 3.42. The van der Waals surface area contributed by atoms with E-state index in [1.54, 1.807) is 9.80 Å². The summed E-state index contributed by atoms with van der Waals surface area (Å²) in [5.74, 6) is -0.0492. The molecule has 196 valence electrons. The molecule has 2 aliphatic heterocycles. The lowest BCUT2D eigenvalue weighted by molar-refractivity contribution is -0.137. The van der Waals surface area contributed by atoms with Crippen LogP contribution in [0.1, 0.15) is 63.4 Å². The molecule has 1 atom stereocenters. The minimum atomic E-state index is -0.545. The van der Waals surface area contributed by atoms with Crippen LogP contribution in [0.25, 0.3) is 0 Å². The third-order valence-electron chi connectivity index (χ3n) is 9.63. The van der Waals surface area contributed by atoms with Gasteiger partial charge in [0.1, 0.15) is 12.6 Å². The molecular weight excluding hydrogens is 454 g/mol. The molecular formula is C28H41N5O3. The number of nitrogens with two attached hydrogens (primary N) is 1. The van der Waals surface area contributed by atoms with Gasteiger partial charge in [0.25, 0.3) is 0 Å². The van der Waals surface area contributed by atoms with Crippen molar-refractivity contribution in [2.45, 2.75) is 74.9 Å². The minimum absolute atomic E-state index is 0.0119. The molecule has 36 heavy (non-hydrogen) atoms. The highest BCUT2D eigenvalue weighted by Crippen LogP contribution is 2.49. The summed E-state index contributed by atoms with van der Waals surface area (Å²) in [5, 5.41) is 0. The number of benzene rings is 1. The van der Waals surface area contributed by atoms with Gasteiger partial charge in [0.15, 0.2) is 0 Å². The largest absolute Gasteiger partial charge is 0.368 e. The molecule has 2 saturated carbocycles. The molecule has 2 saturated heterocycles. The maximum Gasteiger partial charge on any atom is 0.321 e. The van der Waals surface area contributed by atoms with Crippen LogP contribution in [0.5, 0.6) is 0 Å². The van der Waals surface area contributed by atoms with E-state index in [1.807, 2.05) is 0 Å². The zero-order valence-electron chi connectivity index (χ0n) is 21.8. The van der Waals surface area contributed by atoms with Gasteiger partial charge in [-0.3, -0.25) is 14.5 Å².